The number of amidine groups is 1. The Morgan fingerprint density at radius 3 is 2.85 bits per heavy atom. The molecule has 1 aromatic carbocycles. The van der Waals surface area contributed by atoms with Gasteiger partial charge in [-0.25, -0.2) is 14.0 Å². The maximum atomic E-state index is 13.3. The highest BCUT2D eigenvalue weighted by atomic mass is 79.9. The average molecular weight is 441 g/mol. The number of nitrogens with one attached hydrogen (secondary N) is 2. The van der Waals surface area contributed by atoms with Crippen LogP contribution in [0, 0.1) is 12.7 Å². The summed E-state index contributed by atoms with van der Waals surface area (Å²) in [5, 5.41) is 27.1. The molecule has 3 aromatic rings. The highest BCUT2D eigenvalue weighted by Crippen LogP contribution is 2.21. The normalized spacial score (nSPS) is 11.4. The van der Waals surface area contributed by atoms with Gasteiger partial charge < -0.3 is 15.8 Å². The van der Waals surface area contributed by atoms with Crippen LogP contribution in [0.4, 0.5) is 15.9 Å². The Labute approximate surface area is 158 Å². The number of carbonyl (C=O) groups is 1. The van der Waals surface area contributed by atoms with Gasteiger partial charge in [-0.15, -0.1) is 11.3 Å². The summed E-state index contributed by atoms with van der Waals surface area (Å²) < 4.78 is 18.1. The second-order valence-electron chi connectivity index (χ2n) is 4.87. The molecule has 3 rings (SSSR count). The molecule has 12 heteroatoms. The number of nitrogens with zero attached hydrogens (tertiary/aromatic N) is 4. The summed E-state index contributed by atoms with van der Waals surface area (Å²) in [6, 6.07) is 4.08. The fourth-order valence-electron chi connectivity index (χ4n) is 1.91. The minimum atomic E-state index is -0.520. The van der Waals surface area contributed by atoms with Crippen LogP contribution in [0.5, 0.6) is 0 Å². The van der Waals surface area contributed by atoms with Crippen molar-refractivity contribution in [3.05, 3.63) is 50.3 Å². The van der Waals surface area contributed by atoms with Crippen molar-refractivity contribution < 1.29 is 19.0 Å². The number of thiazole rings is 1. The van der Waals surface area contributed by atoms with E-state index in [1.807, 2.05) is 0 Å². The second kappa shape index (κ2) is 7.58. The van der Waals surface area contributed by atoms with E-state index < -0.39 is 11.7 Å². The minimum Gasteiger partial charge on any atom is -0.409 e. The molecule has 0 spiro atoms. The summed E-state index contributed by atoms with van der Waals surface area (Å²) in [5.41, 5.74) is 0.564. The molecule has 0 saturated heterocycles. The number of aryl methyl sites for hydroxylation is 1. The molecule has 1 amide bonds. The number of amides is 1. The molecule has 0 aliphatic carbocycles. The van der Waals surface area contributed by atoms with E-state index in [9.17, 15) is 14.4 Å². The van der Waals surface area contributed by atoms with E-state index in [0.717, 1.165) is 5.01 Å². The first-order valence-corrected chi connectivity index (χ1v) is 8.65. The fourth-order valence-corrected chi connectivity index (χ4v) is 2.88. The van der Waals surface area contributed by atoms with Crippen molar-refractivity contribution in [2.24, 2.45) is 5.16 Å². The van der Waals surface area contributed by atoms with E-state index >= 15 is 0 Å². The smallest absolute Gasteiger partial charge is 0.276 e. The summed E-state index contributed by atoms with van der Waals surface area (Å²) in [6.07, 6.45) is 0. The molecule has 2 aromatic heterocycles. The third kappa shape index (κ3) is 3.86. The van der Waals surface area contributed by atoms with Crippen LogP contribution >= 0.6 is 27.3 Å². The molecule has 0 saturated carbocycles. The third-order valence-electron chi connectivity index (χ3n) is 3.08. The summed E-state index contributed by atoms with van der Waals surface area (Å²) >= 11 is 4.38. The SMILES string of the molecule is Cc1nc(C(=O)Nc2nonc2/C(=N\O)Nc2ccc(F)c(Br)c2)cs1. The molecule has 0 radical (unpaired) electrons. The molecule has 0 bridgehead atoms. The Kier molecular flexibility index (Phi) is 5.23. The molecule has 134 valence electrons. The van der Waals surface area contributed by atoms with Crippen LogP contribution in [-0.4, -0.2) is 32.2 Å². The Morgan fingerprint density at radius 1 is 1.38 bits per heavy atom. The number of rotatable bonds is 4. The summed E-state index contributed by atoms with van der Waals surface area (Å²) in [7, 11) is 0. The van der Waals surface area contributed by atoms with E-state index in [1.54, 1.807) is 12.3 Å². The van der Waals surface area contributed by atoms with Crippen molar-refractivity contribution in [1.82, 2.24) is 15.3 Å². The standard InChI is InChI=1S/C14H10BrFN6O3S/c1-6-17-10(5-26-6)14(23)19-13-11(21-25-22-13)12(20-24)18-7-2-3-9(16)8(15)4-7/h2-5,24H,1H3,(H,18,20)(H,19,22,23). The quantitative estimate of drug-likeness (QED) is 0.246. The van der Waals surface area contributed by atoms with Crippen LogP contribution in [0.3, 0.4) is 0 Å². The lowest BCUT2D eigenvalue weighted by atomic mass is 10.3. The van der Waals surface area contributed by atoms with Crippen molar-refractivity contribution >= 4 is 50.5 Å². The second-order valence-corrected chi connectivity index (χ2v) is 6.79. The lowest BCUT2D eigenvalue weighted by Gasteiger charge is -2.07. The molecular formula is C14H10BrFN6O3S. The Balaban J connectivity index is 1.81. The van der Waals surface area contributed by atoms with Crippen LogP contribution in [0.25, 0.3) is 0 Å². The molecule has 2 heterocycles. The topological polar surface area (TPSA) is 126 Å². The summed E-state index contributed by atoms with van der Waals surface area (Å²) in [4.78, 5) is 16.2. The van der Waals surface area contributed by atoms with Crippen LogP contribution in [0.15, 0.2) is 37.8 Å². The molecule has 0 aliphatic heterocycles. The van der Waals surface area contributed by atoms with Gasteiger partial charge >= 0.3 is 0 Å². The molecule has 0 atom stereocenters. The highest BCUT2D eigenvalue weighted by Gasteiger charge is 2.21. The molecule has 26 heavy (non-hydrogen) atoms. The Morgan fingerprint density at radius 2 is 2.19 bits per heavy atom. The zero-order valence-electron chi connectivity index (χ0n) is 13.0. The number of hydrogen-bond acceptors (Lipinski definition) is 8. The zero-order chi connectivity index (χ0) is 18.7. The molecule has 3 N–H and O–H groups in total. The molecule has 0 fully saturated rings. The molecule has 0 unspecified atom stereocenters. The first kappa shape index (κ1) is 17.9. The van der Waals surface area contributed by atoms with Gasteiger partial charge in [0.05, 0.1) is 9.48 Å². The average Bonchev–Trinajstić information content (AvgIpc) is 3.25. The van der Waals surface area contributed by atoms with Gasteiger partial charge in [0.15, 0.2) is 5.69 Å². The lowest BCUT2D eigenvalue weighted by Crippen LogP contribution is -2.19. The van der Waals surface area contributed by atoms with Gasteiger partial charge in [0, 0.05) is 11.1 Å². The van der Waals surface area contributed by atoms with Gasteiger partial charge in [0.2, 0.25) is 11.7 Å². The van der Waals surface area contributed by atoms with Gasteiger partial charge in [-0.2, -0.15) is 0 Å². The van der Waals surface area contributed by atoms with E-state index in [4.69, 9.17) is 0 Å². The fraction of sp³-hybridized carbons (Fsp3) is 0.0714. The van der Waals surface area contributed by atoms with E-state index in [0.29, 0.717) is 5.69 Å². The number of oxime groups is 1. The maximum absolute atomic E-state index is 13.3. The number of hydrogen-bond donors (Lipinski definition) is 3. The zero-order valence-corrected chi connectivity index (χ0v) is 15.4. The lowest BCUT2D eigenvalue weighted by molar-refractivity contribution is 0.102. The molecule has 9 nitrogen and oxygen atoms in total. The number of anilines is 2. The van der Waals surface area contributed by atoms with Gasteiger partial charge in [-0.05, 0) is 51.4 Å². The minimum absolute atomic E-state index is 0.0479. The van der Waals surface area contributed by atoms with Crippen molar-refractivity contribution in [3.8, 4) is 0 Å². The third-order valence-corrected chi connectivity index (χ3v) is 4.46. The van der Waals surface area contributed by atoms with Crippen molar-refractivity contribution in [1.29, 1.82) is 0 Å². The van der Waals surface area contributed by atoms with Crippen LogP contribution in [0.2, 0.25) is 0 Å². The van der Waals surface area contributed by atoms with Crippen molar-refractivity contribution in [2.45, 2.75) is 6.92 Å². The van der Waals surface area contributed by atoms with Crippen LogP contribution < -0.4 is 10.6 Å². The molecule has 0 aliphatic rings. The van der Waals surface area contributed by atoms with Gasteiger partial charge in [-0.1, -0.05) is 5.16 Å². The number of halogens is 2. The number of aromatic nitrogens is 3. The Hall–Kier alpha value is -2.86. The van der Waals surface area contributed by atoms with Gasteiger partial charge in [0.1, 0.15) is 11.5 Å². The summed E-state index contributed by atoms with van der Waals surface area (Å²) in [6.45, 7) is 1.77. The number of benzene rings is 1. The predicted molar refractivity (Wildman–Crippen MR) is 95.1 cm³/mol. The van der Waals surface area contributed by atoms with E-state index in [1.165, 1.54) is 29.5 Å². The van der Waals surface area contributed by atoms with E-state index in [2.05, 4.69) is 51.6 Å². The van der Waals surface area contributed by atoms with Crippen LogP contribution in [-0.2, 0) is 0 Å². The molecular weight excluding hydrogens is 431 g/mol. The van der Waals surface area contributed by atoms with Gasteiger partial charge in [0.25, 0.3) is 5.91 Å². The van der Waals surface area contributed by atoms with Gasteiger partial charge in [-0.3, -0.25) is 4.79 Å². The maximum Gasteiger partial charge on any atom is 0.276 e. The predicted octanol–water partition coefficient (Wildman–Crippen LogP) is 3.24. The first-order chi connectivity index (χ1) is 12.5. The largest absolute Gasteiger partial charge is 0.409 e. The Bertz CT molecular complexity index is 989. The monoisotopic (exact) mass is 440 g/mol. The highest BCUT2D eigenvalue weighted by molar-refractivity contribution is 9.10. The first-order valence-electron chi connectivity index (χ1n) is 6.98. The number of carbonyl (C=O) groups excluding carboxylic acids is 1. The van der Waals surface area contributed by atoms with Crippen LogP contribution in [0.1, 0.15) is 21.2 Å². The van der Waals surface area contributed by atoms with Crippen molar-refractivity contribution in [2.75, 3.05) is 10.6 Å². The van der Waals surface area contributed by atoms with E-state index in [-0.39, 0.29) is 27.5 Å². The summed E-state index contributed by atoms with van der Waals surface area (Å²) in [5.74, 6) is -1.20. The van der Waals surface area contributed by atoms with Crippen molar-refractivity contribution in [3.63, 3.8) is 0 Å².